The number of ether oxygens (including phenoxy) is 1. The number of rotatable bonds is 7. The summed E-state index contributed by atoms with van der Waals surface area (Å²) in [6, 6.07) is 5.60. The van der Waals surface area contributed by atoms with E-state index in [9.17, 15) is 4.79 Å². The highest BCUT2D eigenvalue weighted by Crippen LogP contribution is 2.27. The second kappa shape index (κ2) is 8.25. The van der Waals surface area contributed by atoms with Crippen LogP contribution in [0.15, 0.2) is 18.2 Å². The van der Waals surface area contributed by atoms with E-state index in [4.69, 9.17) is 22.1 Å². The summed E-state index contributed by atoms with van der Waals surface area (Å²) in [5.41, 5.74) is 6.53. The highest BCUT2D eigenvalue weighted by atomic mass is 35.5. The molecule has 1 aromatic carbocycles. The molecular formula is C16H24ClN3O2. The number of carbonyl (C=O) groups excluding carboxylic acids is 1. The van der Waals surface area contributed by atoms with Crippen LogP contribution in [0.25, 0.3) is 0 Å². The van der Waals surface area contributed by atoms with Crippen molar-refractivity contribution >= 4 is 23.2 Å². The van der Waals surface area contributed by atoms with E-state index >= 15 is 0 Å². The maximum Gasteiger partial charge on any atom is 0.221 e. The smallest absolute Gasteiger partial charge is 0.221 e. The average molecular weight is 326 g/mol. The molecule has 122 valence electrons. The Balaban J connectivity index is 1.78. The van der Waals surface area contributed by atoms with Gasteiger partial charge in [0.05, 0.1) is 12.8 Å². The van der Waals surface area contributed by atoms with Crippen LogP contribution >= 0.6 is 11.6 Å². The average Bonchev–Trinajstić information content (AvgIpc) is 2.94. The summed E-state index contributed by atoms with van der Waals surface area (Å²) in [4.78, 5) is 12.0. The Hall–Kier alpha value is -1.46. The quantitative estimate of drug-likeness (QED) is 0.719. The van der Waals surface area contributed by atoms with E-state index in [1.54, 1.807) is 25.3 Å². The van der Waals surface area contributed by atoms with Crippen LogP contribution in [0.2, 0.25) is 5.02 Å². The predicted octanol–water partition coefficient (Wildman–Crippen LogP) is 2.39. The molecule has 0 saturated heterocycles. The predicted molar refractivity (Wildman–Crippen MR) is 89.4 cm³/mol. The number of hydrogen-bond acceptors (Lipinski definition) is 4. The number of methoxy groups -OCH3 is 1. The van der Waals surface area contributed by atoms with E-state index in [1.165, 1.54) is 0 Å². The Morgan fingerprint density at radius 2 is 2.27 bits per heavy atom. The highest BCUT2D eigenvalue weighted by molar-refractivity contribution is 6.30. The first-order chi connectivity index (χ1) is 10.6. The first kappa shape index (κ1) is 16.9. The van der Waals surface area contributed by atoms with E-state index < -0.39 is 0 Å². The molecule has 0 spiro atoms. The van der Waals surface area contributed by atoms with Gasteiger partial charge in [-0.1, -0.05) is 18.0 Å². The van der Waals surface area contributed by atoms with Crippen molar-refractivity contribution in [3.8, 4) is 5.75 Å². The third-order valence-electron chi connectivity index (χ3n) is 4.14. The van der Waals surface area contributed by atoms with Gasteiger partial charge in [0, 0.05) is 24.0 Å². The minimum Gasteiger partial charge on any atom is -0.495 e. The van der Waals surface area contributed by atoms with Gasteiger partial charge in [-0.15, -0.1) is 0 Å². The molecule has 1 aliphatic rings. The van der Waals surface area contributed by atoms with Crippen LogP contribution in [0.3, 0.4) is 0 Å². The number of benzene rings is 1. The van der Waals surface area contributed by atoms with Gasteiger partial charge in [0.2, 0.25) is 5.91 Å². The summed E-state index contributed by atoms with van der Waals surface area (Å²) >= 11 is 5.97. The molecule has 0 radical (unpaired) electrons. The topological polar surface area (TPSA) is 76.4 Å². The summed E-state index contributed by atoms with van der Waals surface area (Å²) in [5.74, 6) is 1.19. The lowest BCUT2D eigenvalue weighted by atomic mass is 10.0. The first-order valence-corrected chi connectivity index (χ1v) is 8.08. The molecule has 0 aliphatic heterocycles. The Bertz CT molecular complexity index is 510. The van der Waals surface area contributed by atoms with Crippen molar-refractivity contribution in [2.45, 2.75) is 31.7 Å². The summed E-state index contributed by atoms with van der Waals surface area (Å²) in [6.07, 6.45) is 3.69. The van der Waals surface area contributed by atoms with Crippen molar-refractivity contribution in [2.24, 2.45) is 11.7 Å². The lowest BCUT2D eigenvalue weighted by Gasteiger charge is -2.19. The molecule has 2 unspecified atom stereocenters. The van der Waals surface area contributed by atoms with Gasteiger partial charge in [0.15, 0.2) is 0 Å². The van der Waals surface area contributed by atoms with Crippen molar-refractivity contribution in [1.29, 1.82) is 0 Å². The van der Waals surface area contributed by atoms with Gasteiger partial charge in [-0.3, -0.25) is 4.79 Å². The fourth-order valence-corrected chi connectivity index (χ4v) is 3.09. The van der Waals surface area contributed by atoms with Crippen LogP contribution in [-0.2, 0) is 4.79 Å². The molecule has 0 aromatic heterocycles. The molecule has 5 nitrogen and oxygen atoms in total. The summed E-state index contributed by atoms with van der Waals surface area (Å²) in [6.45, 7) is 1.17. The maximum atomic E-state index is 12.0. The minimum atomic E-state index is 0.0545. The maximum absolute atomic E-state index is 12.0. The molecule has 6 heteroatoms. The lowest BCUT2D eigenvalue weighted by molar-refractivity contribution is -0.121. The van der Waals surface area contributed by atoms with E-state index in [2.05, 4.69) is 10.6 Å². The molecular weight excluding hydrogens is 302 g/mol. The number of hydrogen-bond donors (Lipinski definition) is 3. The number of halogens is 1. The molecule has 1 aromatic rings. The zero-order chi connectivity index (χ0) is 15.9. The van der Waals surface area contributed by atoms with Crippen LogP contribution in [-0.4, -0.2) is 32.1 Å². The van der Waals surface area contributed by atoms with Crippen LogP contribution in [0, 0.1) is 5.92 Å². The molecule has 1 saturated carbocycles. The molecule has 2 rings (SSSR count). The van der Waals surface area contributed by atoms with Gasteiger partial charge in [-0.2, -0.15) is 0 Å². The third kappa shape index (κ3) is 4.52. The molecule has 4 N–H and O–H groups in total. The Labute approximate surface area is 136 Å². The number of carbonyl (C=O) groups is 1. The Morgan fingerprint density at radius 1 is 1.45 bits per heavy atom. The van der Waals surface area contributed by atoms with E-state index in [-0.39, 0.29) is 11.9 Å². The zero-order valence-electron chi connectivity index (χ0n) is 12.9. The summed E-state index contributed by atoms with van der Waals surface area (Å²) in [5, 5.41) is 6.91. The minimum absolute atomic E-state index is 0.0545. The van der Waals surface area contributed by atoms with E-state index in [1.807, 2.05) is 0 Å². The second-order valence-corrected chi connectivity index (χ2v) is 6.06. The van der Waals surface area contributed by atoms with Crippen LogP contribution in [0.5, 0.6) is 5.75 Å². The van der Waals surface area contributed by atoms with E-state index in [0.29, 0.717) is 36.2 Å². The van der Waals surface area contributed by atoms with Gasteiger partial charge in [-0.25, -0.2) is 0 Å². The molecule has 1 amide bonds. The van der Waals surface area contributed by atoms with Gasteiger partial charge >= 0.3 is 0 Å². The van der Waals surface area contributed by atoms with Crippen molar-refractivity contribution in [1.82, 2.24) is 5.32 Å². The SMILES string of the molecule is COc1ccc(Cl)cc1NCCC(=O)NC1CCCC1CN. The van der Waals surface area contributed by atoms with Crippen LogP contribution in [0.1, 0.15) is 25.7 Å². The number of anilines is 1. The molecule has 1 aliphatic carbocycles. The van der Waals surface area contributed by atoms with Crippen molar-refractivity contribution in [3.63, 3.8) is 0 Å². The van der Waals surface area contributed by atoms with Crippen molar-refractivity contribution in [3.05, 3.63) is 23.2 Å². The van der Waals surface area contributed by atoms with Gasteiger partial charge < -0.3 is 21.1 Å². The summed E-state index contributed by atoms with van der Waals surface area (Å²) in [7, 11) is 1.61. The fraction of sp³-hybridized carbons (Fsp3) is 0.562. The van der Waals surface area contributed by atoms with Crippen LogP contribution < -0.4 is 21.1 Å². The van der Waals surface area contributed by atoms with Crippen molar-refractivity contribution < 1.29 is 9.53 Å². The van der Waals surface area contributed by atoms with Gasteiger partial charge in [-0.05, 0) is 43.5 Å². The molecule has 1 fully saturated rings. The monoisotopic (exact) mass is 325 g/mol. The zero-order valence-corrected chi connectivity index (χ0v) is 13.7. The standard InChI is InChI=1S/C16H24ClN3O2/c1-22-15-6-5-12(17)9-14(15)19-8-7-16(21)20-13-4-2-3-11(13)10-18/h5-6,9,11,13,19H,2-4,7-8,10,18H2,1H3,(H,20,21). The number of nitrogens with one attached hydrogen (secondary N) is 2. The summed E-state index contributed by atoms with van der Waals surface area (Å²) < 4.78 is 5.26. The van der Waals surface area contributed by atoms with Gasteiger partial charge in [0.25, 0.3) is 0 Å². The normalized spacial score (nSPS) is 20.7. The van der Waals surface area contributed by atoms with E-state index in [0.717, 1.165) is 24.9 Å². The largest absolute Gasteiger partial charge is 0.495 e. The molecule has 0 heterocycles. The second-order valence-electron chi connectivity index (χ2n) is 5.62. The number of amides is 1. The fourth-order valence-electron chi connectivity index (χ4n) is 2.92. The third-order valence-corrected chi connectivity index (χ3v) is 4.37. The molecule has 22 heavy (non-hydrogen) atoms. The Morgan fingerprint density at radius 3 is 3.00 bits per heavy atom. The van der Waals surface area contributed by atoms with Crippen molar-refractivity contribution in [2.75, 3.05) is 25.5 Å². The van der Waals surface area contributed by atoms with Crippen LogP contribution in [0.4, 0.5) is 5.69 Å². The molecule has 0 bridgehead atoms. The Kier molecular flexibility index (Phi) is 6.34. The highest BCUT2D eigenvalue weighted by Gasteiger charge is 2.26. The number of nitrogens with two attached hydrogens (primary N) is 1. The lowest BCUT2D eigenvalue weighted by Crippen LogP contribution is -2.40. The molecule has 2 atom stereocenters. The van der Waals surface area contributed by atoms with Gasteiger partial charge in [0.1, 0.15) is 5.75 Å². The first-order valence-electron chi connectivity index (χ1n) is 7.71.